The second-order valence-corrected chi connectivity index (χ2v) is 11.4. The van der Waals surface area contributed by atoms with Crippen LogP contribution in [0, 0.1) is 0 Å². The smallest absolute Gasteiger partial charge is 0.341 e. The third kappa shape index (κ3) is 6.92. The topological polar surface area (TPSA) is 132 Å². The van der Waals surface area contributed by atoms with Crippen LogP contribution >= 0.6 is 0 Å². The second kappa shape index (κ2) is 15.2. The number of methoxy groups -OCH3 is 2. The van der Waals surface area contributed by atoms with E-state index in [4.69, 9.17) is 9.47 Å². The Labute approximate surface area is 289 Å². The summed E-state index contributed by atoms with van der Waals surface area (Å²) in [6.07, 6.45) is 4.66. The number of amides is 2. The minimum Gasteiger partial charge on any atom is -0.468 e. The lowest BCUT2D eigenvalue weighted by Crippen LogP contribution is -2.53. The Morgan fingerprint density at radius 2 is 1.28 bits per heavy atom. The van der Waals surface area contributed by atoms with Crippen molar-refractivity contribution >= 4 is 40.2 Å². The fraction of sp³-hybridized carbons (Fsp3) is 0.125. The van der Waals surface area contributed by atoms with Gasteiger partial charge in [0.05, 0.1) is 36.6 Å². The molecule has 0 saturated carbocycles. The number of carbonyl (C=O) groups excluding carboxylic acids is 3. The molecule has 6 aromatic rings. The van der Waals surface area contributed by atoms with Crippen molar-refractivity contribution in [2.75, 3.05) is 24.9 Å². The molecule has 1 atom stereocenters. The molecule has 3 N–H and O–H groups in total. The summed E-state index contributed by atoms with van der Waals surface area (Å²) in [6.45, 7) is 0. The summed E-state index contributed by atoms with van der Waals surface area (Å²) < 4.78 is 10.2. The van der Waals surface area contributed by atoms with Crippen molar-refractivity contribution in [3.63, 3.8) is 0 Å². The van der Waals surface area contributed by atoms with Crippen LogP contribution in [0.4, 0.5) is 16.2 Å². The predicted molar refractivity (Wildman–Crippen MR) is 192 cm³/mol. The average Bonchev–Trinajstić information content (AvgIpc) is 3.18. The lowest BCUT2D eigenvalue weighted by molar-refractivity contribution is -0.143. The first kappa shape index (κ1) is 33.5. The van der Waals surface area contributed by atoms with Crippen molar-refractivity contribution in [2.24, 2.45) is 0 Å². The third-order valence-electron chi connectivity index (χ3n) is 8.50. The van der Waals surface area contributed by atoms with E-state index in [2.05, 4.69) is 25.9 Å². The molecule has 0 aliphatic carbocycles. The lowest BCUT2D eigenvalue weighted by atomic mass is 9.76. The van der Waals surface area contributed by atoms with Gasteiger partial charge in [0, 0.05) is 24.0 Å². The highest BCUT2D eigenvalue weighted by Gasteiger charge is 2.40. The molecule has 0 saturated heterocycles. The van der Waals surface area contributed by atoms with E-state index in [9.17, 15) is 14.4 Å². The number of esters is 2. The standard InChI is InChI=1S/C40H35N5O5/c1-49-37(46)32-26-41-24-22-33(32)43-39(48)44-34-21-20-27(31-19-12-23-42-36(31)34)25-35(38(47)50-2)45-40(28-13-6-3-7-14-28,29-15-8-4-9-16-29)30-17-10-5-11-18-30/h3-24,26,35,45H,25H2,1-2H3,(H2,41,43,44,48)/t35-/m0/s1. The highest BCUT2D eigenvalue weighted by molar-refractivity contribution is 6.08. The van der Waals surface area contributed by atoms with Gasteiger partial charge in [0.2, 0.25) is 0 Å². The molecule has 0 fully saturated rings. The number of nitrogens with one attached hydrogen (secondary N) is 3. The molecule has 50 heavy (non-hydrogen) atoms. The number of carbonyl (C=O) groups is 3. The van der Waals surface area contributed by atoms with Gasteiger partial charge in [0.25, 0.3) is 0 Å². The monoisotopic (exact) mass is 665 g/mol. The first-order chi connectivity index (χ1) is 24.4. The van der Waals surface area contributed by atoms with E-state index in [0.717, 1.165) is 27.6 Å². The molecule has 4 aromatic carbocycles. The Kier molecular flexibility index (Phi) is 10.2. The number of fused-ring (bicyclic) bond motifs is 1. The number of hydrogen-bond acceptors (Lipinski definition) is 8. The van der Waals surface area contributed by atoms with Crippen molar-refractivity contribution in [1.29, 1.82) is 0 Å². The summed E-state index contributed by atoms with van der Waals surface area (Å²) in [7, 11) is 2.63. The van der Waals surface area contributed by atoms with Crippen molar-refractivity contribution in [1.82, 2.24) is 15.3 Å². The second-order valence-electron chi connectivity index (χ2n) is 11.4. The van der Waals surface area contributed by atoms with Gasteiger partial charge in [-0.05, 0) is 46.9 Å². The summed E-state index contributed by atoms with van der Waals surface area (Å²) >= 11 is 0. The molecule has 0 radical (unpaired) electrons. The van der Waals surface area contributed by atoms with Crippen LogP contribution in [-0.2, 0) is 26.2 Å². The molecule has 2 aromatic heterocycles. The van der Waals surface area contributed by atoms with E-state index < -0.39 is 29.6 Å². The van der Waals surface area contributed by atoms with Crippen LogP contribution < -0.4 is 16.0 Å². The molecular formula is C40H35N5O5. The maximum Gasteiger partial charge on any atom is 0.341 e. The molecule has 10 nitrogen and oxygen atoms in total. The van der Waals surface area contributed by atoms with Crippen molar-refractivity contribution in [2.45, 2.75) is 18.0 Å². The fourth-order valence-corrected chi connectivity index (χ4v) is 6.19. The van der Waals surface area contributed by atoms with Gasteiger partial charge in [-0.15, -0.1) is 0 Å². The maximum atomic E-state index is 13.7. The zero-order valence-corrected chi connectivity index (χ0v) is 27.5. The van der Waals surface area contributed by atoms with Crippen molar-refractivity contribution in [3.8, 4) is 0 Å². The Balaban J connectivity index is 1.37. The highest BCUT2D eigenvalue weighted by atomic mass is 16.5. The number of anilines is 2. The van der Waals surface area contributed by atoms with Crippen molar-refractivity contribution < 1.29 is 23.9 Å². The Morgan fingerprint density at radius 3 is 1.86 bits per heavy atom. The summed E-state index contributed by atoms with van der Waals surface area (Å²) in [5, 5.41) is 10.0. The number of aromatic nitrogens is 2. The minimum atomic E-state index is -0.924. The van der Waals surface area contributed by atoms with Gasteiger partial charge in [0.1, 0.15) is 11.6 Å². The van der Waals surface area contributed by atoms with Crippen LogP contribution in [0.25, 0.3) is 10.9 Å². The largest absolute Gasteiger partial charge is 0.468 e. The fourth-order valence-electron chi connectivity index (χ4n) is 6.19. The van der Waals surface area contributed by atoms with E-state index in [1.807, 2.05) is 103 Å². The Bertz CT molecular complexity index is 2010. The molecule has 2 heterocycles. The zero-order valence-electron chi connectivity index (χ0n) is 27.5. The van der Waals surface area contributed by atoms with Crippen LogP contribution in [-0.4, -0.2) is 48.2 Å². The SMILES string of the molecule is COC(=O)c1cnccc1NC(=O)Nc1ccc(C[C@H](NC(c2ccccc2)(c2ccccc2)c2ccccc2)C(=O)OC)c2cccnc12. The van der Waals surface area contributed by atoms with Crippen LogP contribution in [0.3, 0.4) is 0 Å². The van der Waals surface area contributed by atoms with Gasteiger partial charge in [-0.25, -0.2) is 9.59 Å². The summed E-state index contributed by atoms with van der Waals surface area (Å²) in [5.74, 6) is -1.07. The third-order valence-corrected chi connectivity index (χ3v) is 8.50. The quantitative estimate of drug-likeness (QED) is 0.103. The number of pyridine rings is 2. The molecule has 0 bridgehead atoms. The van der Waals surface area contributed by atoms with Gasteiger partial charge in [-0.3, -0.25) is 20.1 Å². The van der Waals surface area contributed by atoms with Crippen LogP contribution in [0.15, 0.2) is 140 Å². The molecule has 0 spiro atoms. The summed E-state index contributed by atoms with van der Waals surface area (Å²) in [6, 6.07) is 37.5. The number of ether oxygens (including phenoxy) is 2. The molecule has 10 heteroatoms. The minimum absolute atomic E-state index is 0.113. The molecule has 0 unspecified atom stereocenters. The lowest BCUT2D eigenvalue weighted by Gasteiger charge is -2.39. The zero-order chi connectivity index (χ0) is 34.9. The number of nitrogens with zero attached hydrogens (tertiary/aromatic N) is 2. The number of hydrogen-bond donors (Lipinski definition) is 3. The number of rotatable bonds is 11. The highest BCUT2D eigenvalue weighted by Crippen LogP contribution is 2.38. The number of benzene rings is 4. The van der Waals surface area contributed by atoms with E-state index in [-0.39, 0.29) is 17.7 Å². The van der Waals surface area contributed by atoms with Gasteiger partial charge in [-0.1, -0.05) is 103 Å². The van der Waals surface area contributed by atoms with Crippen LogP contribution in [0.5, 0.6) is 0 Å². The maximum absolute atomic E-state index is 13.7. The van der Waals surface area contributed by atoms with E-state index in [1.165, 1.54) is 32.7 Å². The summed E-state index contributed by atoms with van der Waals surface area (Å²) in [4.78, 5) is 47.6. The normalized spacial score (nSPS) is 11.7. The van der Waals surface area contributed by atoms with Gasteiger partial charge in [-0.2, -0.15) is 0 Å². The van der Waals surface area contributed by atoms with Crippen LogP contribution in [0.2, 0.25) is 0 Å². The van der Waals surface area contributed by atoms with E-state index >= 15 is 0 Å². The van der Waals surface area contributed by atoms with Gasteiger partial charge >= 0.3 is 18.0 Å². The van der Waals surface area contributed by atoms with E-state index in [0.29, 0.717) is 11.2 Å². The van der Waals surface area contributed by atoms with Gasteiger partial charge < -0.3 is 20.1 Å². The number of urea groups is 1. The van der Waals surface area contributed by atoms with Crippen LogP contribution in [0.1, 0.15) is 32.6 Å². The molecule has 0 aliphatic heterocycles. The summed E-state index contributed by atoms with van der Waals surface area (Å²) in [5.41, 5.74) is 4.05. The molecule has 6 rings (SSSR count). The van der Waals surface area contributed by atoms with Gasteiger partial charge in [0.15, 0.2) is 0 Å². The molecule has 0 aliphatic rings. The average molecular weight is 666 g/mol. The molecule has 250 valence electrons. The first-order valence-electron chi connectivity index (χ1n) is 15.9. The first-order valence-corrected chi connectivity index (χ1v) is 15.9. The Morgan fingerprint density at radius 1 is 0.680 bits per heavy atom. The molecular weight excluding hydrogens is 630 g/mol. The molecule has 2 amide bonds. The van der Waals surface area contributed by atoms with E-state index in [1.54, 1.807) is 18.3 Å². The Hall–Kier alpha value is -6.39. The predicted octanol–water partition coefficient (Wildman–Crippen LogP) is 6.73. The van der Waals surface area contributed by atoms with Crippen molar-refractivity contribution in [3.05, 3.63) is 168 Å².